The van der Waals surface area contributed by atoms with E-state index in [-0.39, 0.29) is 6.04 Å². The zero-order chi connectivity index (χ0) is 13.3. The molecule has 0 saturated carbocycles. The van der Waals surface area contributed by atoms with E-state index in [2.05, 4.69) is 15.5 Å². The van der Waals surface area contributed by atoms with E-state index in [0.717, 1.165) is 11.5 Å². The molecular formula is C11H13Cl2N5. The van der Waals surface area contributed by atoms with Crippen LogP contribution in [0.15, 0.2) is 18.5 Å². The lowest BCUT2D eigenvalue weighted by molar-refractivity contribution is 0.719. The second kappa shape index (κ2) is 5.04. The summed E-state index contributed by atoms with van der Waals surface area (Å²) in [5.41, 5.74) is 7.14. The molecule has 96 valence electrons. The Hall–Kier alpha value is -1.46. The Morgan fingerprint density at radius 3 is 2.61 bits per heavy atom. The SMILES string of the molecule is CC(Nc1cc(Cl)c(Cl)cc1N)c1nncn1C. The molecule has 0 aliphatic heterocycles. The van der Waals surface area contributed by atoms with Gasteiger partial charge in [0.05, 0.1) is 27.5 Å². The first-order chi connectivity index (χ1) is 8.49. The van der Waals surface area contributed by atoms with Crippen molar-refractivity contribution in [2.24, 2.45) is 7.05 Å². The van der Waals surface area contributed by atoms with Crippen molar-refractivity contribution < 1.29 is 0 Å². The molecule has 7 heteroatoms. The maximum Gasteiger partial charge on any atom is 0.154 e. The number of hydrogen-bond acceptors (Lipinski definition) is 4. The summed E-state index contributed by atoms with van der Waals surface area (Å²) in [7, 11) is 1.88. The van der Waals surface area contributed by atoms with Crippen molar-refractivity contribution in [1.29, 1.82) is 0 Å². The highest BCUT2D eigenvalue weighted by molar-refractivity contribution is 6.42. The molecule has 0 radical (unpaired) electrons. The average molecular weight is 286 g/mol. The van der Waals surface area contributed by atoms with E-state index in [1.165, 1.54) is 0 Å². The molecule has 1 aromatic carbocycles. The van der Waals surface area contributed by atoms with Crippen LogP contribution in [-0.4, -0.2) is 14.8 Å². The Morgan fingerprint density at radius 1 is 1.33 bits per heavy atom. The predicted molar refractivity (Wildman–Crippen MR) is 73.9 cm³/mol. The second-order valence-corrected chi connectivity index (χ2v) is 4.83. The fourth-order valence-corrected chi connectivity index (χ4v) is 2.00. The van der Waals surface area contributed by atoms with Gasteiger partial charge < -0.3 is 15.6 Å². The molecule has 2 aromatic rings. The molecule has 0 amide bonds. The smallest absolute Gasteiger partial charge is 0.154 e. The Balaban J connectivity index is 2.24. The van der Waals surface area contributed by atoms with Crippen LogP contribution in [0.2, 0.25) is 10.0 Å². The Morgan fingerprint density at radius 2 is 2.00 bits per heavy atom. The van der Waals surface area contributed by atoms with Gasteiger partial charge in [-0.25, -0.2) is 0 Å². The zero-order valence-electron chi connectivity index (χ0n) is 9.98. The number of benzene rings is 1. The molecule has 0 aliphatic carbocycles. The molecule has 3 N–H and O–H groups in total. The highest BCUT2D eigenvalue weighted by Crippen LogP contribution is 2.32. The van der Waals surface area contributed by atoms with Gasteiger partial charge >= 0.3 is 0 Å². The molecule has 0 aliphatic rings. The van der Waals surface area contributed by atoms with Crippen molar-refractivity contribution in [2.75, 3.05) is 11.1 Å². The third kappa shape index (κ3) is 2.52. The summed E-state index contributed by atoms with van der Waals surface area (Å²) >= 11 is 11.8. The number of nitrogens with zero attached hydrogens (tertiary/aromatic N) is 3. The summed E-state index contributed by atoms with van der Waals surface area (Å²) < 4.78 is 1.84. The first-order valence-electron chi connectivity index (χ1n) is 5.34. The summed E-state index contributed by atoms with van der Waals surface area (Å²) in [4.78, 5) is 0. The van der Waals surface area contributed by atoms with Crippen LogP contribution >= 0.6 is 23.2 Å². The molecule has 0 saturated heterocycles. The van der Waals surface area contributed by atoms with Gasteiger partial charge in [0.25, 0.3) is 0 Å². The fourth-order valence-electron chi connectivity index (χ4n) is 1.67. The van der Waals surface area contributed by atoms with Crippen LogP contribution in [0.5, 0.6) is 0 Å². The maximum absolute atomic E-state index is 5.96. The van der Waals surface area contributed by atoms with E-state index >= 15 is 0 Å². The Labute approximate surface area is 115 Å². The summed E-state index contributed by atoms with van der Waals surface area (Å²) in [5, 5.41) is 12.0. The molecular weight excluding hydrogens is 273 g/mol. The molecule has 2 rings (SSSR count). The fraction of sp³-hybridized carbons (Fsp3) is 0.273. The van der Waals surface area contributed by atoms with Crippen molar-refractivity contribution in [3.63, 3.8) is 0 Å². The highest BCUT2D eigenvalue weighted by Gasteiger charge is 2.13. The number of nitrogens with one attached hydrogen (secondary N) is 1. The predicted octanol–water partition coefficient (Wildman–Crippen LogP) is 2.88. The summed E-state index contributed by atoms with van der Waals surface area (Å²) in [6.07, 6.45) is 1.64. The molecule has 0 fully saturated rings. The second-order valence-electron chi connectivity index (χ2n) is 4.02. The van der Waals surface area contributed by atoms with Gasteiger partial charge in [-0.15, -0.1) is 10.2 Å². The van der Waals surface area contributed by atoms with Gasteiger partial charge in [0.1, 0.15) is 6.33 Å². The third-order valence-electron chi connectivity index (χ3n) is 2.60. The number of hydrogen-bond donors (Lipinski definition) is 2. The molecule has 1 aromatic heterocycles. The first-order valence-corrected chi connectivity index (χ1v) is 6.09. The van der Waals surface area contributed by atoms with Crippen LogP contribution in [-0.2, 0) is 7.05 Å². The van der Waals surface area contributed by atoms with Crippen LogP contribution in [0.25, 0.3) is 0 Å². The summed E-state index contributed by atoms with van der Waals surface area (Å²) in [6.45, 7) is 1.96. The third-order valence-corrected chi connectivity index (χ3v) is 3.32. The normalized spacial score (nSPS) is 12.4. The lowest BCUT2D eigenvalue weighted by atomic mass is 10.2. The Bertz CT molecular complexity index is 567. The van der Waals surface area contributed by atoms with E-state index in [9.17, 15) is 0 Å². The number of rotatable bonds is 3. The van der Waals surface area contributed by atoms with Crippen LogP contribution in [0.4, 0.5) is 11.4 Å². The standard InChI is InChI=1S/C11H13Cl2N5/c1-6(11-17-15-5-18(11)2)16-10-4-8(13)7(12)3-9(10)14/h3-6,16H,14H2,1-2H3. The molecule has 0 spiro atoms. The molecule has 1 atom stereocenters. The summed E-state index contributed by atoms with van der Waals surface area (Å²) in [5.74, 6) is 0.806. The maximum atomic E-state index is 5.96. The lowest BCUT2D eigenvalue weighted by Gasteiger charge is -2.16. The minimum absolute atomic E-state index is 0.0444. The van der Waals surface area contributed by atoms with Gasteiger partial charge in [-0.05, 0) is 19.1 Å². The van der Waals surface area contributed by atoms with Crippen LogP contribution in [0, 0.1) is 0 Å². The molecule has 18 heavy (non-hydrogen) atoms. The molecule has 0 bridgehead atoms. The minimum Gasteiger partial charge on any atom is -0.397 e. The van der Waals surface area contributed by atoms with Crippen molar-refractivity contribution in [1.82, 2.24) is 14.8 Å². The van der Waals surface area contributed by atoms with E-state index in [4.69, 9.17) is 28.9 Å². The molecule has 1 heterocycles. The van der Waals surface area contributed by atoms with E-state index in [1.807, 2.05) is 18.5 Å². The topological polar surface area (TPSA) is 68.8 Å². The quantitative estimate of drug-likeness (QED) is 0.851. The lowest BCUT2D eigenvalue weighted by Crippen LogP contribution is -2.13. The van der Waals surface area contributed by atoms with Crippen molar-refractivity contribution in [2.45, 2.75) is 13.0 Å². The number of anilines is 2. The number of nitrogen functional groups attached to an aromatic ring is 1. The van der Waals surface area contributed by atoms with Gasteiger partial charge in [-0.2, -0.15) is 0 Å². The number of aryl methyl sites for hydroxylation is 1. The number of nitrogens with two attached hydrogens (primary N) is 1. The van der Waals surface area contributed by atoms with Gasteiger partial charge in [0.2, 0.25) is 0 Å². The van der Waals surface area contributed by atoms with Crippen molar-refractivity contribution >= 4 is 34.6 Å². The first kappa shape index (κ1) is 13.0. The number of halogens is 2. The van der Waals surface area contributed by atoms with E-state index < -0.39 is 0 Å². The average Bonchev–Trinajstić information content (AvgIpc) is 2.72. The van der Waals surface area contributed by atoms with E-state index in [1.54, 1.807) is 18.5 Å². The zero-order valence-corrected chi connectivity index (χ0v) is 11.5. The van der Waals surface area contributed by atoms with Gasteiger partial charge in [-0.1, -0.05) is 23.2 Å². The van der Waals surface area contributed by atoms with E-state index in [0.29, 0.717) is 15.7 Å². The van der Waals surface area contributed by atoms with Crippen LogP contribution in [0.1, 0.15) is 18.8 Å². The monoisotopic (exact) mass is 285 g/mol. The van der Waals surface area contributed by atoms with Gasteiger partial charge in [-0.3, -0.25) is 0 Å². The minimum atomic E-state index is -0.0444. The van der Waals surface area contributed by atoms with Crippen LogP contribution in [0.3, 0.4) is 0 Å². The highest BCUT2D eigenvalue weighted by atomic mass is 35.5. The number of aromatic nitrogens is 3. The molecule has 5 nitrogen and oxygen atoms in total. The van der Waals surface area contributed by atoms with Crippen molar-refractivity contribution in [3.8, 4) is 0 Å². The van der Waals surface area contributed by atoms with Crippen molar-refractivity contribution in [3.05, 3.63) is 34.3 Å². The summed E-state index contributed by atoms with van der Waals surface area (Å²) in [6, 6.07) is 3.28. The van der Waals surface area contributed by atoms with Gasteiger partial charge in [0.15, 0.2) is 5.82 Å². The largest absolute Gasteiger partial charge is 0.397 e. The molecule has 1 unspecified atom stereocenters. The van der Waals surface area contributed by atoms with Gasteiger partial charge in [0, 0.05) is 7.05 Å². The Kier molecular flexibility index (Phi) is 3.63. The van der Waals surface area contributed by atoms with Crippen LogP contribution < -0.4 is 11.1 Å².